The molecule has 0 aliphatic rings. The minimum atomic E-state index is -1.000. The highest BCUT2D eigenvalue weighted by Gasteiger charge is 2.09. The maximum absolute atomic E-state index is 11.0. The lowest BCUT2D eigenvalue weighted by Crippen LogP contribution is -2.13. The number of hydrogen-bond donors (Lipinski definition) is 2. The number of para-hydroxylation sites is 1. The van der Waals surface area contributed by atoms with E-state index in [1.807, 2.05) is 24.3 Å². The summed E-state index contributed by atoms with van der Waals surface area (Å²) in [6.07, 6.45) is 5.34. The van der Waals surface area contributed by atoms with Crippen molar-refractivity contribution in [2.75, 3.05) is 18.5 Å². The number of aromatic carboxylic acids is 1. The summed E-state index contributed by atoms with van der Waals surface area (Å²) in [6, 6.07) is 14.1. The molecule has 0 atom stereocenters. The van der Waals surface area contributed by atoms with E-state index in [2.05, 4.69) is 11.2 Å². The molecular formula is C17H15NO3. The van der Waals surface area contributed by atoms with Crippen LogP contribution in [0.5, 0.6) is 5.75 Å². The molecule has 2 rings (SSSR count). The predicted octanol–water partition coefficient (Wildman–Crippen LogP) is 2.86. The van der Waals surface area contributed by atoms with Crippen LogP contribution in [-0.4, -0.2) is 24.2 Å². The van der Waals surface area contributed by atoms with Gasteiger partial charge in [-0.05, 0) is 30.3 Å². The van der Waals surface area contributed by atoms with Crippen molar-refractivity contribution < 1.29 is 14.6 Å². The minimum absolute atomic E-state index is 0.159. The van der Waals surface area contributed by atoms with Crippen LogP contribution in [0.3, 0.4) is 0 Å². The van der Waals surface area contributed by atoms with Crippen molar-refractivity contribution in [1.29, 1.82) is 0 Å². The smallest absolute Gasteiger partial charge is 0.339 e. The summed E-state index contributed by atoms with van der Waals surface area (Å²) >= 11 is 0. The molecule has 106 valence electrons. The number of rotatable bonds is 6. The van der Waals surface area contributed by atoms with Gasteiger partial charge >= 0.3 is 5.97 Å². The van der Waals surface area contributed by atoms with Gasteiger partial charge in [0.05, 0.1) is 0 Å². The van der Waals surface area contributed by atoms with Crippen LogP contribution < -0.4 is 10.1 Å². The Hall–Kier alpha value is -2.93. The zero-order valence-electron chi connectivity index (χ0n) is 11.4. The summed E-state index contributed by atoms with van der Waals surface area (Å²) in [5.74, 6) is 1.93. The molecule has 4 nitrogen and oxygen atoms in total. The second-order valence-electron chi connectivity index (χ2n) is 4.30. The number of benzene rings is 2. The second kappa shape index (κ2) is 7.01. The highest BCUT2D eigenvalue weighted by atomic mass is 16.5. The molecule has 0 aliphatic heterocycles. The molecule has 0 spiro atoms. The van der Waals surface area contributed by atoms with Crippen LogP contribution in [0.1, 0.15) is 15.9 Å². The Labute approximate surface area is 123 Å². The van der Waals surface area contributed by atoms with Gasteiger partial charge in [0.2, 0.25) is 0 Å². The summed E-state index contributed by atoms with van der Waals surface area (Å²) in [4.78, 5) is 11.0. The summed E-state index contributed by atoms with van der Waals surface area (Å²) in [5, 5.41) is 12.2. The predicted molar refractivity (Wildman–Crippen MR) is 81.8 cm³/mol. The molecule has 2 aromatic carbocycles. The second-order valence-corrected chi connectivity index (χ2v) is 4.30. The van der Waals surface area contributed by atoms with Crippen molar-refractivity contribution in [1.82, 2.24) is 0 Å². The molecule has 0 amide bonds. The number of carbonyl (C=O) groups is 1. The average molecular weight is 281 g/mol. The highest BCUT2D eigenvalue weighted by molar-refractivity contribution is 5.90. The van der Waals surface area contributed by atoms with Gasteiger partial charge in [-0.3, -0.25) is 0 Å². The molecule has 0 saturated carbocycles. The van der Waals surface area contributed by atoms with E-state index in [9.17, 15) is 4.79 Å². The topological polar surface area (TPSA) is 58.6 Å². The molecule has 0 fully saturated rings. The van der Waals surface area contributed by atoms with Crippen LogP contribution in [0.15, 0.2) is 48.5 Å². The monoisotopic (exact) mass is 281 g/mol. The first-order valence-electron chi connectivity index (χ1n) is 6.46. The largest absolute Gasteiger partial charge is 0.491 e. The SMILES string of the molecule is C#Cc1cccc(NCCOc2ccccc2C(=O)O)c1. The van der Waals surface area contributed by atoms with Crippen molar-refractivity contribution in [3.63, 3.8) is 0 Å². The molecule has 0 radical (unpaired) electrons. The quantitative estimate of drug-likeness (QED) is 0.631. The number of terminal acetylenes is 1. The number of carboxylic acid groups (broad SMARTS) is 1. The first-order chi connectivity index (χ1) is 10.2. The van der Waals surface area contributed by atoms with E-state index in [1.54, 1.807) is 18.2 Å². The van der Waals surface area contributed by atoms with Gasteiger partial charge in [-0.25, -0.2) is 4.79 Å². The molecule has 2 aromatic rings. The standard InChI is InChI=1S/C17H15NO3/c1-2-13-6-5-7-14(12-13)18-10-11-21-16-9-4-3-8-15(16)17(19)20/h1,3-9,12,18H,10-11H2,(H,19,20). The van der Waals surface area contributed by atoms with E-state index in [0.29, 0.717) is 18.9 Å². The van der Waals surface area contributed by atoms with Crippen LogP contribution in [-0.2, 0) is 0 Å². The lowest BCUT2D eigenvalue weighted by Gasteiger charge is -2.10. The molecule has 0 aromatic heterocycles. The van der Waals surface area contributed by atoms with Crippen molar-refractivity contribution in [3.8, 4) is 18.1 Å². The third-order valence-electron chi connectivity index (χ3n) is 2.84. The first kappa shape index (κ1) is 14.5. The Morgan fingerprint density at radius 2 is 2.05 bits per heavy atom. The Bertz CT molecular complexity index is 674. The Kier molecular flexibility index (Phi) is 4.84. The molecule has 4 heteroatoms. The van der Waals surface area contributed by atoms with Gasteiger partial charge in [0.25, 0.3) is 0 Å². The number of carboxylic acids is 1. The van der Waals surface area contributed by atoms with Crippen LogP contribution in [0.2, 0.25) is 0 Å². The van der Waals surface area contributed by atoms with Gasteiger partial charge in [-0.15, -0.1) is 6.42 Å². The van der Waals surface area contributed by atoms with E-state index in [4.69, 9.17) is 16.3 Å². The fourth-order valence-corrected chi connectivity index (χ4v) is 1.84. The zero-order valence-corrected chi connectivity index (χ0v) is 11.4. The van der Waals surface area contributed by atoms with Crippen molar-refractivity contribution in [3.05, 3.63) is 59.7 Å². The van der Waals surface area contributed by atoms with E-state index < -0.39 is 5.97 Å². The first-order valence-corrected chi connectivity index (χ1v) is 6.46. The lowest BCUT2D eigenvalue weighted by molar-refractivity contribution is 0.0692. The third kappa shape index (κ3) is 4.02. The number of hydrogen-bond acceptors (Lipinski definition) is 3. The molecule has 0 aliphatic carbocycles. The summed E-state index contributed by atoms with van der Waals surface area (Å²) < 4.78 is 5.49. The van der Waals surface area contributed by atoms with Gasteiger partial charge in [-0.2, -0.15) is 0 Å². The molecular weight excluding hydrogens is 266 g/mol. The summed E-state index contributed by atoms with van der Waals surface area (Å²) in [6.45, 7) is 0.895. The van der Waals surface area contributed by atoms with Crippen molar-refractivity contribution >= 4 is 11.7 Å². The maximum atomic E-state index is 11.0. The van der Waals surface area contributed by atoms with E-state index in [-0.39, 0.29) is 5.56 Å². The Morgan fingerprint density at radius 1 is 1.24 bits per heavy atom. The van der Waals surface area contributed by atoms with E-state index >= 15 is 0 Å². The van der Waals surface area contributed by atoms with Gasteiger partial charge in [0.1, 0.15) is 17.9 Å². The molecule has 21 heavy (non-hydrogen) atoms. The number of anilines is 1. The van der Waals surface area contributed by atoms with Crippen LogP contribution >= 0.6 is 0 Å². The van der Waals surface area contributed by atoms with Crippen molar-refractivity contribution in [2.45, 2.75) is 0 Å². The summed E-state index contributed by atoms with van der Waals surface area (Å²) in [7, 11) is 0. The maximum Gasteiger partial charge on any atom is 0.339 e. The molecule has 2 N–H and O–H groups in total. The third-order valence-corrected chi connectivity index (χ3v) is 2.84. The van der Waals surface area contributed by atoms with Gasteiger partial charge in [0, 0.05) is 17.8 Å². The van der Waals surface area contributed by atoms with Gasteiger partial charge in [-0.1, -0.05) is 24.1 Å². The van der Waals surface area contributed by atoms with Gasteiger partial charge < -0.3 is 15.2 Å². The van der Waals surface area contributed by atoms with Crippen LogP contribution in [0, 0.1) is 12.3 Å². The molecule has 0 bridgehead atoms. The Morgan fingerprint density at radius 3 is 2.81 bits per heavy atom. The van der Waals surface area contributed by atoms with E-state index in [0.717, 1.165) is 11.3 Å². The normalized spacial score (nSPS) is 9.67. The number of ether oxygens (including phenoxy) is 1. The molecule has 0 unspecified atom stereocenters. The summed E-state index contributed by atoms with van der Waals surface area (Å²) in [5.41, 5.74) is 1.87. The number of nitrogens with one attached hydrogen (secondary N) is 1. The molecule has 0 saturated heterocycles. The van der Waals surface area contributed by atoms with Gasteiger partial charge in [0.15, 0.2) is 0 Å². The van der Waals surface area contributed by atoms with E-state index in [1.165, 1.54) is 6.07 Å². The molecule has 0 heterocycles. The van der Waals surface area contributed by atoms with Crippen LogP contribution in [0.4, 0.5) is 5.69 Å². The average Bonchev–Trinajstić information content (AvgIpc) is 2.52. The lowest BCUT2D eigenvalue weighted by atomic mass is 10.2. The van der Waals surface area contributed by atoms with Crippen LogP contribution in [0.25, 0.3) is 0 Å². The zero-order chi connectivity index (χ0) is 15.1. The highest BCUT2D eigenvalue weighted by Crippen LogP contribution is 2.17. The minimum Gasteiger partial charge on any atom is -0.491 e. The fraction of sp³-hybridized carbons (Fsp3) is 0.118. The fourth-order valence-electron chi connectivity index (χ4n) is 1.84. The van der Waals surface area contributed by atoms with Crippen molar-refractivity contribution in [2.24, 2.45) is 0 Å². The Balaban J connectivity index is 1.88.